The molecule has 124 valence electrons. The van der Waals surface area contributed by atoms with Crippen LogP contribution in [-0.4, -0.2) is 47.8 Å². The van der Waals surface area contributed by atoms with Crippen LogP contribution in [0.3, 0.4) is 0 Å². The molecule has 0 saturated heterocycles. The molecular weight excluding hydrogens is 306 g/mol. The monoisotopic (exact) mass is 325 g/mol. The minimum atomic E-state index is 0.0639. The Morgan fingerprint density at radius 2 is 2.00 bits per heavy atom. The number of rotatable bonds is 6. The zero-order chi connectivity index (χ0) is 16.9. The quantitative estimate of drug-likeness (QED) is 0.677. The molecule has 8 nitrogen and oxygen atoms in total. The number of hydrogen-bond acceptors (Lipinski definition) is 5. The van der Waals surface area contributed by atoms with E-state index in [1.54, 1.807) is 15.8 Å². The first-order valence-electron chi connectivity index (χ1n) is 7.74. The number of amides is 1. The summed E-state index contributed by atoms with van der Waals surface area (Å²) in [7, 11) is 1.81. The van der Waals surface area contributed by atoms with Crippen molar-refractivity contribution in [1.82, 2.24) is 34.9 Å². The standard InChI is InChI=1S/C16H19N7O/c1-3-22-15(8-9-18-22)11-21(2)16(24)10-13-4-6-14(7-5-13)23-12-17-19-20-23/h4-9,12H,3,10-11H2,1-2H3. The third-order valence-electron chi connectivity index (χ3n) is 3.83. The molecule has 0 fully saturated rings. The third-order valence-corrected chi connectivity index (χ3v) is 3.83. The van der Waals surface area contributed by atoms with Crippen molar-refractivity contribution in [1.29, 1.82) is 0 Å². The van der Waals surface area contributed by atoms with Crippen molar-refractivity contribution >= 4 is 5.91 Å². The summed E-state index contributed by atoms with van der Waals surface area (Å²) in [5.41, 5.74) is 2.84. The summed E-state index contributed by atoms with van der Waals surface area (Å²) in [5, 5.41) is 15.3. The predicted molar refractivity (Wildman–Crippen MR) is 87.2 cm³/mol. The maximum absolute atomic E-state index is 12.4. The molecule has 0 aliphatic rings. The molecule has 1 aromatic carbocycles. The molecule has 8 heteroatoms. The Balaban J connectivity index is 1.61. The minimum Gasteiger partial charge on any atom is -0.340 e. The van der Waals surface area contributed by atoms with Gasteiger partial charge in [0.1, 0.15) is 6.33 Å². The van der Waals surface area contributed by atoms with E-state index in [0.29, 0.717) is 13.0 Å². The van der Waals surface area contributed by atoms with Crippen molar-refractivity contribution in [2.24, 2.45) is 0 Å². The molecule has 3 aromatic rings. The second-order valence-electron chi connectivity index (χ2n) is 5.49. The van der Waals surface area contributed by atoms with Gasteiger partial charge in [-0.1, -0.05) is 12.1 Å². The number of carbonyl (C=O) groups excluding carboxylic acids is 1. The van der Waals surface area contributed by atoms with E-state index < -0.39 is 0 Å². The van der Waals surface area contributed by atoms with E-state index in [2.05, 4.69) is 20.6 Å². The molecule has 0 N–H and O–H groups in total. The Bertz CT molecular complexity index is 792. The number of benzene rings is 1. The molecule has 0 atom stereocenters. The number of aryl methyl sites for hydroxylation is 1. The molecule has 0 saturated carbocycles. The SMILES string of the molecule is CCn1nccc1CN(C)C(=O)Cc1ccc(-n2cnnn2)cc1. The highest BCUT2D eigenvalue weighted by Gasteiger charge is 2.12. The first-order chi connectivity index (χ1) is 11.7. The highest BCUT2D eigenvalue weighted by molar-refractivity contribution is 5.78. The van der Waals surface area contributed by atoms with Gasteiger partial charge in [0.05, 0.1) is 24.3 Å². The van der Waals surface area contributed by atoms with Crippen LogP contribution >= 0.6 is 0 Å². The molecule has 0 bridgehead atoms. The maximum Gasteiger partial charge on any atom is 0.227 e. The maximum atomic E-state index is 12.4. The van der Waals surface area contributed by atoms with Gasteiger partial charge in [-0.25, -0.2) is 4.68 Å². The Morgan fingerprint density at radius 1 is 1.21 bits per heavy atom. The predicted octanol–water partition coefficient (Wildman–Crippen LogP) is 1.08. The first kappa shape index (κ1) is 15.9. The van der Waals surface area contributed by atoms with Gasteiger partial charge in [-0.3, -0.25) is 9.48 Å². The highest BCUT2D eigenvalue weighted by Crippen LogP contribution is 2.10. The van der Waals surface area contributed by atoms with Crippen LogP contribution in [0.5, 0.6) is 0 Å². The molecule has 2 heterocycles. The van der Waals surface area contributed by atoms with Gasteiger partial charge >= 0.3 is 0 Å². The topological polar surface area (TPSA) is 81.7 Å². The number of carbonyl (C=O) groups is 1. The normalized spacial score (nSPS) is 10.8. The highest BCUT2D eigenvalue weighted by atomic mass is 16.2. The van der Waals surface area contributed by atoms with E-state index in [0.717, 1.165) is 23.5 Å². The van der Waals surface area contributed by atoms with Gasteiger partial charge in [-0.15, -0.1) is 5.10 Å². The fourth-order valence-electron chi connectivity index (χ4n) is 2.47. The van der Waals surface area contributed by atoms with Crippen LogP contribution in [0.2, 0.25) is 0 Å². The third kappa shape index (κ3) is 3.48. The Kier molecular flexibility index (Phi) is 4.64. The average molecular weight is 325 g/mol. The number of likely N-dealkylation sites (N-methyl/N-ethyl adjacent to an activating group) is 1. The van der Waals surface area contributed by atoms with Crippen molar-refractivity contribution in [3.63, 3.8) is 0 Å². The molecule has 0 radical (unpaired) electrons. The molecule has 3 rings (SSSR count). The van der Waals surface area contributed by atoms with Crippen molar-refractivity contribution < 1.29 is 4.79 Å². The molecular formula is C16H19N7O. The zero-order valence-corrected chi connectivity index (χ0v) is 13.7. The Labute approximate surface area is 139 Å². The first-order valence-corrected chi connectivity index (χ1v) is 7.74. The number of tetrazole rings is 1. The lowest BCUT2D eigenvalue weighted by atomic mass is 10.1. The Morgan fingerprint density at radius 3 is 2.67 bits per heavy atom. The molecule has 0 spiro atoms. The van der Waals surface area contributed by atoms with Crippen molar-refractivity contribution in [3.8, 4) is 5.69 Å². The van der Waals surface area contributed by atoms with Crippen LogP contribution in [0, 0.1) is 0 Å². The van der Waals surface area contributed by atoms with Crippen molar-refractivity contribution in [2.75, 3.05) is 7.05 Å². The van der Waals surface area contributed by atoms with Gasteiger partial charge in [0.2, 0.25) is 5.91 Å². The number of hydrogen-bond donors (Lipinski definition) is 0. The van der Waals surface area contributed by atoms with Gasteiger partial charge < -0.3 is 4.90 Å². The van der Waals surface area contributed by atoms with E-state index in [9.17, 15) is 4.79 Å². The summed E-state index contributed by atoms with van der Waals surface area (Å²) < 4.78 is 3.47. The summed E-state index contributed by atoms with van der Waals surface area (Å²) in [5.74, 6) is 0.0639. The van der Waals surface area contributed by atoms with Crippen LogP contribution < -0.4 is 0 Å². The van der Waals surface area contributed by atoms with E-state index >= 15 is 0 Å². The molecule has 1 amide bonds. The van der Waals surface area contributed by atoms with Gasteiger partial charge in [-0.2, -0.15) is 5.10 Å². The second-order valence-corrected chi connectivity index (χ2v) is 5.49. The van der Waals surface area contributed by atoms with E-state index in [1.807, 2.05) is 49.0 Å². The minimum absolute atomic E-state index is 0.0639. The Hall–Kier alpha value is -3.03. The van der Waals surface area contributed by atoms with Crippen molar-refractivity contribution in [2.45, 2.75) is 26.4 Å². The van der Waals surface area contributed by atoms with Crippen LogP contribution in [0.25, 0.3) is 5.69 Å². The van der Waals surface area contributed by atoms with E-state index in [4.69, 9.17) is 0 Å². The molecule has 0 aliphatic carbocycles. The van der Waals surface area contributed by atoms with Gasteiger partial charge in [0.25, 0.3) is 0 Å². The molecule has 2 aromatic heterocycles. The van der Waals surface area contributed by atoms with E-state index in [1.165, 1.54) is 6.33 Å². The lowest BCUT2D eigenvalue weighted by Gasteiger charge is -2.18. The van der Waals surface area contributed by atoms with Crippen LogP contribution in [0.4, 0.5) is 0 Å². The molecule has 0 unspecified atom stereocenters. The fourth-order valence-corrected chi connectivity index (χ4v) is 2.47. The number of aromatic nitrogens is 6. The largest absolute Gasteiger partial charge is 0.340 e. The summed E-state index contributed by atoms with van der Waals surface area (Å²) >= 11 is 0. The smallest absolute Gasteiger partial charge is 0.227 e. The zero-order valence-electron chi connectivity index (χ0n) is 13.7. The summed E-state index contributed by atoms with van der Waals surface area (Å²) in [6.07, 6.45) is 3.65. The summed E-state index contributed by atoms with van der Waals surface area (Å²) in [6, 6.07) is 9.56. The van der Waals surface area contributed by atoms with Crippen LogP contribution in [-0.2, 0) is 24.3 Å². The summed E-state index contributed by atoms with van der Waals surface area (Å²) in [4.78, 5) is 14.1. The number of nitrogens with zero attached hydrogens (tertiary/aromatic N) is 7. The van der Waals surface area contributed by atoms with Gasteiger partial charge in [-0.05, 0) is 41.1 Å². The average Bonchev–Trinajstić information content (AvgIpc) is 3.26. The molecule has 0 aliphatic heterocycles. The second kappa shape index (κ2) is 7.03. The van der Waals surface area contributed by atoms with E-state index in [-0.39, 0.29) is 5.91 Å². The lowest BCUT2D eigenvalue weighted by Crippen LogP contribution is -2.28. The fraction of sp³-hybridized carbons (Fsp3) is 0.312. The molecule has 24 heavy (non-hydrogen) atoms. The lowest BCUT2D eigenvalue weighted by molar-refractivity contribution is -0.129. The summed E-state index contributed by atoms with van der Waals surface area (Å²) in [6.45, 7) is 3.38. The van der Waals surface area contributed by atoms with Crippen molar-refractivity contribution in [3.05, 3.63) is 54.1 Å². The van der Waals surface area contributed by atoms with Gasteiger partial charge in [0.15, 0.2) is 0 Å². The van der Waals surface area contributed by atoms with Crippen LogP contribution in [0.15, 0.2) is 42.9 Å². The van der Waals surface area contributed by atoms with Crippen LogP contribution in [0.1, 0.15) is 18.2 Å². The van der Waals surface area contributed by atoms with Gasteiger partial charge in [0, 0.05) is 19.8 Å².